The van der Waals surface area contributed by atoms with Crippen molar-refractivity contribution in [1.29, 1.82) is 0 Å². The van der Waals surface area contributed by atoms with Gasteiger partial charge >= 0.3 is 0 Å². The zero-order valence-electron chi connectivity index (χ0n) is 12.2. The van der Waals surface area contributed by atoms with Gasteiger partial charge in [0, 0.05) is 37.4 Å². The molecule has 110 valence electrons. The van der Waals surface area contributed by atoms with Crippen LogP contribution < -0.4 is 10.2 Å². The van der Waals surface area contributed by atoms with Gasteiger partial charge in [-0.05, 0) is 31.7 Å². The highest BCUT2D eigenvalue weighted by Crippen LogP contribution is 2.28. The Balaban J connectivity index is 1.72. The predicted octanol–water partition coefficient (Wildman–Crippen LogP) is 3.24. The topological polar surface area (TPSA) is 28.2 Å². The van der Waals surface area contributed by atoms with E-state index in [9.17, 15) is 4.39 Å². The molecule has 0 aromatic carbocycles. The minimum Gasteiger partial charge on any atom is -0.354 e. The number of nitrogens with one attached hydrogen (secondary N) is 1. The fourth-order valence-electron chi connectivity index (χ4n) is 3.04. The monoisotopic (exact) mass is 277 g/mol. The molecule has 2 fully saturated rings. The molecule has 4 heteroatoms. The number of halogens is 1. The summed E-state index contributed by atoms with van der Waals surface area (Å²) < 4.78 is 14.6. The Bertz CT molecular complexity index is 453. The second-order valence-corrected chi connectivity index (χ2v) is 6.17. The Labute approximate surface area is 120 Å². The van der Waals surface area contributed by atoms with Gasteiger partial charge in [-0.15, -0.1) is 0 Å². The number of anilines is 1. The highest BCUT2D eigenvalue weighted by Gasteiger charge is 2.24. The van der Waals surface area contributed by atoms with Gasteiger partial charge < -0.3 is 10.2 Å². The summed E-state index contributed by atoms with van der Waals surface area (Å²) in [7, 11) is 1.99. The fourth-order valence-corrected chi connectivity index (χ4v) is 3.04. The average molecular weight is 277 g/mol. The second-order valence-electron chi connectivity index (χ2n) is 6.17. The lowest BCUT2D eigenvalue weighted by Gasteiger charge is -2.32. The fraction of sp³-hybridized carbons (Fsp3) is 0.688. The number of nitrogens with zero attached hydrogens (tertiary/aromatic N) is 2. The van der Waals surface area contributed by atoms with Crippen LogP contribution in [-0.2, 0) is 6.54 Å². The van der Waals surface area contributed by atoms with E-state index in [0.717, 1.165) is 18.4 Å². The quantitative estimate of drug-likeness (QED) is 0.895. The van der Waals surface area contributed by atoms with E-state index < -0.39 is 0 Å². The number of aromatic nitrogens is 1. The van der Waals surface area contributed by atoms with Gasteiger partial charge in [0.05, 0.1) is 0 Å². The molecule has 0 spiro atoms. The molecule has 1 aromatic rings. The molecule has 0 atom stereocenters. The molecule has 2 saturated carbocycles. The van der Waals surface area contributed by atoms with Crippen molar-refractivity contribution in [2.24, 2.45) is 0 Å². The highest BCUT2D eigenvalue weighted by atomic mass is 19.1. The minimum atomic E-state index is -0.145. The van der Waals surface area contributed by atoms with Gasteiger partial charge in [-0.3, -0.25) is 0 Å². The van der Waals surface area contributed by atoms with E-state index in [2.05, 4.69) is 15.2 Å². The zero-order chi connectivity index (χ0) is 13.9. The molecule has 20 heavy (non-hydrogen) atoms. The lowest BCUT2D eigenvalue weighted by atomic mass is 9.94. The maximum atomic E-state index is 14.6. The van der Waals surface area contributed by atoms with E-state index in [0.29, 0.717) is 24.4 Å². The molecule has 0 unspecified atom stereocenters. The molecule has 1 heterocycles. The van der Waals surface area contributed by atoms with E-state index in [1.165, 1.54) is 32.1 Å². The Morgan fingerprint density at radius 2 is 2.00 bits per heavy atom. The molecule has 0 aliphatic heterocycles. The van der Waals surface area contributed by atoms with Crippen molar-refractivity contribution < 1.29 is 4.39 Å². The van der Waals surface area contributed by atoms with Crippen LogP contribution in [0.1, 0.15) is 50.5 Å². The average Bonchev–Trinajstić information content (AvgIpc) is 3.31. The number of pyridine rings is 1. The first kappa shape index (κ1) is 13.8. The molecule has 3 nitrogen and oxygen atoms in total. The smallest absolute Gasteiger partial charge is 0.170 e. The third-order valence-corrected chi connectivity index (χ3v) is 4.57. The van der Waals surface area contributed by atoms with Crippen molar-refractivity contribution in [3.8, 4) is 0 Å². The molecule has 0 amide bonds. The van der Waals surface area contributed by atoms with Gasteiger partial charge in [-0.1, -0.05) is 19.3 Å². The summed E-state index contributed by atoms with van der Waals surface area (Å²) >= 11 is 0. The number of hydrogen-bond acceptors (Lipinski definition) is 3. The number of rotatable bonds is 5. The van der Waals surface area contributed by atoms with Gasteiger partial charge in [-0.2, -0.15) is 0 Å². The third-order valence-electron chi connectivity index (χ3n) is 4.57. The Morgan fingerprint density at radius 3 is 2.70 bits per heavy atom. The summed E-state index contributed by atoms with van der Waals surface area (Å²) in [5.41, 5.74) is 0.740. The largest absolute Gasteiger partial charge is 0.354 e. The van der Waals surface area contributed by atoms with Crippen molar-refractivity contribution >= 4 is 5.82 Å². The Hall–Kier alpha value is -1.16. The first-order chi connectivity index (χ1) is 9.75. The van der Waals surface area contributed by atoms with Crippen LogP contribution in [0.4, 0.5) is 10.2 Å². The molecule has 0 radical (unpaired) electrons. The molecular weight excluding hydrogens is 253 g/mol. The molecule has 1 N–H and O–H groups in total. The Morgan fingerprint density at radius 1 is 1.25 bits per heavy atom. The van der Waals surface area contributed by atoms with Crippen molar-refractivity contribution in [3.63, 3.8) is 0 Å². The van der Waals surface area contributed by atoms with Crippen molar-refractivity contribution in [1.82, 2.24) is 10.3 Å². The van der Waals surface area contributed by atoms with E-state index in [1.807, 2.05) is 7.05 Å². The van der Waals surface area contributed by atoms with Crippen LogP contribution in [0.2, 0.25) is 0 Å². The van der Waals surface area contributed by atoms with Crippen LogP contribution in [-0.4, -0.2) is 24.1 Å². The summed E-state index contributed by atoms with van der Waals surface area (Å²) in [6, 6.07) is 2.84. The first-order valence-corrected chi connectivity index (χ1v) is 7.85. The summed E-state index contributed by atoms with van der Waals surface area (Å²) in [4.78, 5) is 6.33. The van der Waals surface area contributed by atoms with Gasteiger partial charge in [0.15, 0.2) is 11.6 Å². The maximum Gasteiger partial charge on any atom is 0.170 e. The predicted molar refractivity (Wildman–Crippen MR) is 79.3 cm³/mol. The standard InChI is InChI=1S/C16H24FN3/c1-20(14-5-3-2-4-6-14)16-15(17)12(9-10-18-16)11-19-13-7-8-13/h9-10,13-14,19H,2-8,11H2,1H3. The minimum absolute atomic E-state index is 0.145. The highest BCUT2D eigenvalue weighted by molar-refractivity contribution is 5.43. The molecule has 0 bridgehead atoms. The van der Waals surface area contributed by atoms with Crippen molar-refractivity contribution in [2.75, 3.05) is 11.9 Å². The third kappa shape index (κ3) is 3.11. The van der Waals surface area contributed by atoms with Crippen LogP contribution in [0.15, 0.2) is 12.3 Å². The lowest BCUT2D eigenvalue weighted by molar-refractivity contribution is 0.421. The molecule has 0 saturated heterocycles. The van der Waals surface area contributed by atoms with Crippen LogP contribution in [0.5, 0.6) is 0 Å². The van der Waals surface area contributed by atoms with Gasteiger partial charge in [0.25, 0.3) is 0 Å². The van der Waals surface area contributed by atoms with E-state index in [-0.39, 0.29) is 5.82 Å². The van der Waals surface area contributed by atoms with Gasteiger partial charge in [0.2, 0.25) is 0 Å². The molecule has 2 aliphatic carbocycles. The molecule has 1 aromatic heterocycles. The van der Waals surface area contributed by atoms with Crippen LogP contribution in [0.3, 0.4) is 0 Å². The first-order valence-electron chi connectivity index (χ1n) is 7.85. The summed E-state index contributed by atoms with van der Waals surface area (Å²) in [6.45, 7) is 0.616. The van der Waals surface area contributed by atoms with Gasteiger partial charge in [0.1, 0.15) is 0 Å². The van der Waals surface area contributed by atoms with Crippen LogP contribution in [0.25, 0.3) is 0 Å². The normalized spacial score (nSPS) is 20.1. The maximum absolute atomic E-state index is 14.6. The van der Waals surface area contributed by atoms with Gasteiger partial charge in [-0.25, -0.2) is 9.37 Å². The second kappa shape index (κ2) is 6.08. The van der Waals surface area contributed by atoms with E-state index in [1.54, 1.807) is 12.3 Å². The summed E-state index contributed by atoms with van der Waals surface area (Å²) in [6.07, 6.45) is 10.3. The SMILES string of the molecule is CN(c1nccc(CNC2CC2)c1F)C1CCCCC1. The molecule has 3 rings (SSSR count). The van der Waals surface area contributed by atoms with Crippen molar-refractivity contribution in [2.45, 2.75) is 63.6 Å². The number of hydrogen-bond donors (Lipinski definition) is 1. The van der Waals surface area contributed by atoms with Crippen LogP contribution >= 0.6 is 0 Å². The molecular formula is C16H24FN3. The van der Waals surface area contributed by atoms with E-state index in [4.69, 9.17) is 0 Å². The van der Waals surface area contributed by atoms with Crippen LogP contribution in [0, 0.1) is 5.82 Å². The van der Waals surface area contributed by atoms with Crippen molar-refractivity contribution in [3.05, 3.63) is 23.6 Å². The Kier molecular flexibility index (Phi) is 4.20. The summed E-state index contributed by atoms with van der Waals surface area (Å²) in [5, 5.41) is 3.37. The molecule has 2 aliphatic rings. The summed E-state index contributed by atoms with van der Waals surface area (Å²) in [5.74, 6) is 0.376. The van der Waals surface area contributed by atoms with E-state index >= 15 is 0 Å². The zero-order valence-corrected chi connectivity index (χ0v) is 12.2. The lowest BCUT2D eigenvalue weighted by Crippen LogP contribution is -2.34.